The summed E-state index contributed by atoms with van der Waals surface area (Å²) in [6.45, 7) is 0.232. The average Bonchev–Trinajstić information content (AvgIpc) is 2.25. The van der Waals surface area contributed by atoms with E-state index in [-0.39, 0.29) is 19.5 Å². The molecular weight excluding hydrogens is 180 g/mol. The van der Waals surface area contributed by atoms with Crippen LogP contribution < -0.4 is 0 Å². The molecule has 0 radical (unpaired) electrons. The van der Waals surface area contributed by atoms with Crippen LogP contribution >= 0.6 is 0 Å². The molecule has 0 saturated carbocycles. The Kier molecular flexibility index (Phi) is 5.22. The Balaban J connectivity index is 2.40. The molecular formula is C11H16O3. The lowest BCUT2D eigenvalue weighted by Gasteiger charge is -2.14. The van der Waals surface area contributed by atoms with Gasteiger partial charge in [0.2, 0.25) is 0 Å². The number of aliphatic hydroxyl groups is 1. The summed E-state index contributed by atoms with van der Waals surface area (Å²) in [4.78, 5) is 0. The van der Waals surface area contributed by atoms with Crippen LogP contribution in [0.4, 0.5) is 0 Å². The minimum atomic E-state index is -0.183. The van der Waals surface area contributed by atoms with Gasteiger partial charge in [0.15, 0.2) is 0 Å². The van der Waals surface area contributed by atoms with Crippen molar-refractivity contribution in [3.05, 3.63) is 35.9 Å². The highest BCUT2D eigenvalue weighted by Gasteiger charge is 2.07. The number of ether oxygens (including phenoxy) is 2. The lowest BCUT2D eigenvalue weighted by Crippen LogP contribution is -2.21. The number of aliphatic hydroxyl groups excluding tert-OH is 1. The van der Waals surface area contributed by atoms with Crippen LogP contribution in [0.1, 0.15) is 5.56 Å². The third-order valence-electron chi connectivity index (χ3n) is 1.93. The average molecular weight is 196 g/mol. The number of rotatable bonds is 6. The molecule has 0 bridgehead atoms. The van der Waals surface area contributed by atoms with Crippen LogP contribution in [0.5, 0.6) is 0 Å². The number of methoxy groups -OCH3 is 1. The molecule has 0 aliphatic carbocycles. The van der Waals surface area contributed by atoms with E-state index in [1.807, 2.05) is 30.3 Å². The Morgan fingerprint density at radius 3 is 2.57 bits per heavy atom. The highest BCUT2D eigenvalue weighted by atomic mass is 16.7. The quantitative estimate of drug-likeness (QED) is 0.695. The van der Waals surface area contributed by atoms with Gasteiger partial charge in [-0.1, -0.05) is 30.3 Å². The first-order valence-corrected chi connectivity index (χ1v) is 4.62. The second-order valence-electron chi connectivity index (χ2n) is 3.07. The van der Waals surface area contributed by atoms with E-state index < -0.39 is 0 Å². The van der Waals surface area contributed by atoms with E-state index in [4.69, 9.17) is 14.6 Å². The van der Waals surface area contributed by atoms with Crippen molar-refractivity contribution in [1.29, 1.82) is 0 Å². The van der Waals surface area contributed by atoms with Crippen LogP contribution in [0.15, 0.2) is 30.3 Å². The molecule has 0 aliphatic rings. The van der Waals surface area contributed by atoms with Crippen molar-refractivity contribution < 1.29 is 14.6 Å². The van der Waals surface area contributed by atoms with Crippen LogP contribution in [0.25, 0.3) is 0 Å². The van der Waals surface area contributed by atoms with Gasteiger partial charge in [-0.3, -0.25) is 0 Å². The van der Waals surface area contributed by atoms with Gasteiger partial charge in [0, 0.05) is 13.5 Å². The van der Waals surface area contributed by atoms with E-state index >= 15 is 0 Å². The second-order valence-corrected chi connectivity index (χ2v) is 3.07. The lowest BCUT2D eigenvalue weighted by atomic mass is 10.1. The van der Waals surface area contributed by atoms with Gasteiger partial charge < -0.3 is 14.6 Å². The summed E-state index contributed by atoms with van der Waals surface area (Å²) in [5.41, 5.74) is 1.16. The van der Waals surface area contributed by atoms with Gasteiger partial charge in [-0.15, -0.1) is 0 Å². The molecule has 1 aromatic rings. The largest absolute Gasteiger partial charge is 0.394 e. The first kappa shape index (κ1) is 11.2. The molecule has 1 rings (SSSR count). The molecule has 1 aromatic carbocycles. The molecule has 0 saturated heterocycles. The fourth-order valence-electron chi connectivity index (χ4n) is 1.22. The van der Waals surface area contributed by atoms with Crippen LogP contribution in [0, 0.1) is 0 Å². The van der Waals surface area contributed by atoms with Gasteiger partial charge >= 0.3 is 0 Å². The molecule has 0 spiro atoms. The van der Waals surface area contributed by atoms with Crippen molar-refractivity contribution in [1.82, 2.24) is 0 Å². The van der Waals surface area contributed by atoms with E-state index in [2.05, 4.69) is 0 Å². The summed E-state index contributed by atoms with van der Waals surface area (Å²) in [6, 6.07) is 9.94. The van der Waals surface area contributed by atoms with Crippen LogP contribution in [0.3, 0.4) is 0 Å². The minimum Gasteiger partial charge on any atom is -0.394 e. The SMILES string of the molecule is COCO[C@H](CO)Cc1ccccc1. The highest BCUT2D eigenvalue weighted by Crippen LogP contribution is 2.05. The first-order valence-electron chi connectivity index (χ1n) is 4.62. The Morgan fingerprint density at radius 1 is 1.29 bits per heavy atom. The van der Waals surface area contributed by atoms with E-state index in [1.165, 1.54) is 0 Å². The lowest BCUT2D eigenvalue weighted by molar-refractivity contribution is -0.0862. The zero-order chi connectivity index (χ0) is 10.2. The van der Waals surface area contributed by atoms with Gasteiger partial charge in [-0.05, 0) is 5.56 Å². The predicted octanol–water partition coefficient (Wildman–Crippen LogP) is 1.21. The normalized spacial score (nSPS) is 12.7. The molecule has 78 valence electrons. The Labute approximate surface area is 84.3 Å². The smallest absolute Gasteiger partial charge is 0.146 e. The third kappa shape index (κ3) is 3.87. The van der Waals surface area contributed by atoms with Crippen molar-refractivity contribution in [3.8, 4) is 0 Å². The molecule has 1 N–H and O–H groups in total. The summed E-state index contributed by atoms with van der Waals surface area (Å²) in [7, 11) is 1.57. The van der Waals surface area contributed by atoms with Crippen molar-refractivity contribution in [3.63, 3.8) is 0 Å². The van der Waals surface area contributed by atoms with Crippen LogP contribution in [-0.2, 0) is 15.9 Å². The standard InChI is InChI=1S/C11H16O3/c1-13-9-14-11(8-12)7-10-5-3-2-4-6-10/h2-6,11-12H,7-9H2,1H3/t11-/m0/s1. The van der Waals surface area contributed by atoms with Gasteiger partial charge in [0.25, 0.3) is 0 Å². The van der Waals surface area contributed by atoms with Crippen molar-refractivity contribution in [2.24, 2.45) is 0 Å². The maximum Gasteiger partial charge on any atom is 0.146 e. The zero-order valence-corrected chi connectivity index (χ0v) is 8.35. The molecule has 0 aromatic heterocycles. The Hall–Kier alpha value is -0.900. The first-order chi connectivity index (χ1) is 6.86. The summed E-state index contributed by atoms with van der Waals surface area (Å²) in [5.74, 6) is 0. The van der Waals surface area contributed by atoms with Gasteiger partial charge in [0.1, 0.15) is 6.79 Å². The fraction of sp³-hybridized carbons (Fsp3) is 0.455. The molecule has 1 atom stereocenters. The molecule has 3 heteroatoms. The van der Waals surface area contributed by atoms with E-state index in [1.54, 1.807) is 7.11 Å². The summed E-state index contributed by atoms with van der Waals surface area (Å²) in [5, 5.41) is 9.03. The van der Waals surface area contributed by atoms with Crippen molar-refractivity contribution in [2.45, 2.75) is 12.5 Å². The van der Waals surface area contributed by atoms with E-state index in [0.29, 0.717) is 6.42 Å². The maximum absolute atomic E-state index is 9.03. The monoisotopic (exact) mass is 196 g/mol. The molecule has 0 fully saturated rings. The third-order valence-corrected chi connectivity index (χ3v) is 1.93. The molecule has 0 amide bonds. The summed E-state index contributed by atoms with van der Waals surface area (Å²) < 4.78 is 10.1. The molecule has 0 unspecified atom stereocenters. The molecule has 3 nitrogen and oxygen atoms in total. The number of hydrogen-bond donors (Lipinski definition) is 1. The Morgan fingerprint density at radius 2 is 2.00 bits per heavy atom. The van der Waals surface area contributed by atoms with E-state index in [0.717, 1.165) is 5.56 Å². The Bertz CT molecular complexity index is 236. The van der Waals surface area contributed by atoms with Crippen LogP contribution in [0.2, 0.25) is 0 Å². The van der Waals surface area contributed by atoms with Crippen molar-refractivity contribution >= 4 is 0 Å². The number of benzene rings is 1. The molecule has 0 heterocycles. The van der Waals surface area contributed by atoms with E-state index in [9.17, 15) is 0 Å². The van der Waals surface area contributed by atoms with Gasteiger partial charge in [-0.2, -0.15) is 0 Å². The van der Waals surface area contributed by atoms with Crippen LogP contribution in [-0.4, -0.2) is 31.7 Å². The zero-order valence-electron chi connectivity index (χ0n) is 8.35. The maximum atomic E-state index is 9.03. The van der Waals surface area contributed by atoms with Gasteiger partial charge in [0.05, 0.1) is 12.7 Å². The van der Waals surface area contributed by atoms with Gasteiger partial charge in [-0.25, -0.2) is 0 Å². The summed E-state index contributed by atoms with van der Waals surface area (Å²) in [6.07, 6.45) is 0.526. The highest BCUT2D eigenvalue weighted by molar-refractivity contribution is 5.15. The molecule has 0 aliphatic heterocycles. The fourth-order valence-corrected chi connectivity index (χ4v) is 1.22. The number of hydrogen-bond acceptors (Lipinski definition) is 3. The predicted molar refractivity (Wildman–Crippen MR) is 54.0 cm³/mol. The molecule has 14 heavy (non-hydrogen) atoms. The summed E-state index contributed by atoms with van der Waals surface area (Å²) >= 11 is 0. The second kappa shape index (κ2) is 6.54. The minimum absolute atomic E-state index is 0.0122. The van der Waals surface area contributed by atoms with Crippen molar-refractivity contribution in [2.75, 3.05) is 20.5 Å². The topological polar surface area (TPSA) is 38.7 Å².